The first-order chi connectivity index (χ1) is 12.1. The van der Waals surface area contributed by atoms with Crippen LogP contribution >= 0.6 is 0 Å². The second kappa shape index (κ2) is 8.42. The molecule has 7 heteroatoms. The predicted molar refractivity (Wildman–Crippen MR) is 96.6 cm³/mol. The quantitative estimate of drug-likeness (QED) is 0.858. The van der Waals surface area contributed by atoms with E-state index in [4.69, 9.17) is 4.74 Å². The molecule has 2 heterocycles. The second-order valence-electron chi connectivity index (χ2n) is 6.06. The van der Waals surface area contributed by atoms with Crippen molar-refractivity contribution in [3.05, 3.63) is 54.2 Å². The Balaban J connectivity index is 1.62. The number of ether oxygens (including phenoxy) is 1. The number of rotatable bonds is 6. The Morgan fingerprint density at radius 3 is 2.48 bits per heavy atom. The van der Waals surface area contributed by atoms with E-state index in [0.29, 0.717) is 24.7 Å². The van der Waals surface area contributed by atoms with Gasteiger partial charge in [0.25, 0.3) is 10.2 Å². The molecule has 3 rings (SSSR count). The number of pyridine rings is 1. The first-order valence-electron chi connectivity index (χ1n) is 8.56. The number of hydrogen-bond acceptors (Lipinski definition) is 4. The van der Waals surface area contributed by atoms with Crippen LogP contribution in [0.1, 0.15) is 31.2 Å². The highest BCUT2D eigenvalue weighted by Crippen LogP contribution is 2.19. The fourth-order valence-electron chi connectivity index (χ4n) is 2.77. The van der Waals surface area contributed by atoms with E-state index in [1.807, 2.05) is 30.3 Å². The van der Waals surface area contributed by atoms with Gasteiger partial charge >= 0.3 is 0 Å². The predicted octanol–water partition coefficient (Wildman–Crippen LogP) is 3.08. The van der Waals surface area contributed by atoms with Gasteiger partial charge in [-0.1, -0.05) is 31.0 Å². The zero-order valence-corrected chi connectivity index (χ0v) is 14.9. The van der Waals surface area contributed by atoms with Crippen LogP contribution in [0.2, 0.25) is 0 Å². The number of hydrogen-bond donors (Lipinski definition) is 1. The van der Waals surface area contributed by atoms with Gasteiger partial charge in [0, 0.05) is 31.9 Å². The highest BCUT2D eigenvalue weighted by molar-refractivity contribution is 7.87. The van der Waals surface area contributed by atoms with Crippen LogP contribution in [-0.2, 0) is 16.8 Å². The van der Waals surface area contributed by atoms with Crippen molar-refractivity contribution in [1.82, 2.24) is 14.0 Å². The highest BCUT2D eigenvalue weighted by atomic mass is 32.2. The fraction of sp³-hybridized carbons (Fsp3) is 0.389. The molecule has 0 radical (unpaired) electrons. The molecule has 134 valence electrons. The van der Waals surface area contributed by atoms with Crippen molar-refractivity contribution < 1.29 is 13.2 Å². The lowest BCUT2D eigenvalue weighted by molar-refractivity contribution is 0.414. The van der Waals surface area contributed by atoms with Crippen molar-refractivity contribution in [1.29, 1.82) is 0 Å². The van der Waals surface area contributed by atoms with Crippen LogP contribution in [0.25, 0.3) is 0 Å². The van der Waals surface area contributed by atoms with E-state index in [0.717, 1.165) is 31.2 Å². The maximum absolute atomic E-state index is 12.5. The van der Waals surface area contributed by atoms with Gasteiger partial charge in [0.2, 0.25) is 5.88 Å². The van der Waals surface area contributed by atoms with E-state index in [-0.39, 0.29) is 6.54 Å². The van der Waals surface area contributed by atoms with Crippen LogP contribution in [0.5, 0.6) is 11.6 Å². The van der Waals surface area contributed by atoms with Gasteiger partial charge in [0.05, 0.1) is 0 Å². The zero-order valence-electron chi connectivity index (χ0n) is 14.1. The summed E-state index contributed by atoms with van der Waals surface area (Å²) >= 11 is 0. The summed E-state index contributed by atoms with van der Waals surface area (Å²) in [5, 5.41) is 0. The zero-order chi connectivity index (χ0) is 17.5. The minimum absolute atomic E-state index is 0.215. The first-order valence-corrected chi connectivity index (χ1v) is 10.00. The van der Waals surface area contributed by atoms with E-state index >= 15 is 0 Å². The average molecular weight is 361 g/mol. The van der Waals surface area contributed by atoms with Gasteiger partial charge in [-0.05, 0) is 36.6 Å². The Bertz CT molecular complexity index is 773. The Kier molecular flexibility index (Phi) is 6.01. The Hall–Kier alpha value is -1.96. The lowest BCUT2D eigenvalue weighted by Gasteiger charge is -2.20. The van der Waals surface area contributed by atoms with E-state index in [9.17, 15) is 8.42 Å². The number of nitrogens with zero attached hydrogens (tertiary/aromatic N) is 2. The van der Waals surface area contributed by atoms with E-state index < -0.39 is 10.2 Å². The number of aromatic nitrogens is 1. The van der Waals surface area contributed by atoms with Crippen LogP contribution in [0.4, 0.5) is 0 Å². The van der Waals surface area contributed by atoms with Crippen molar-refractivity contribution in [3.8, 4) is 11.6 Å². The molecular formula is C18H23N3O3S. The number of benzene rings is 1. The third-order valence-corrected chi connectivity index (χ3v) is 5.68. The van der Waals surface area contributed by atoms with Crippen molar-refractivity contribution >= 4 is 10.2 Å². The van der Waals surface area contributed by atoms with Gasteiger partial charge in [0.1, 0.15) is 5.75 Å². The molecule has 1 aromatic carbocycles. The maximum atomic E-state index is 12.5. The van der Waals surface area contributed by atoms with Crippen molar-refractivity contribution in [2.24, 2.45) is 0 Å². The van der Waals surface area contributed by atoms with Gasteiger partial charge in [0.15, 0.2) is 0 Å². The number of nitrogens with one attached hydrogen (secondary N) is 1. The lowest BCUT2D eigenvalue weighted by atomic mass is 10.2. The Morgan fingerprint density at radius 2 is 1.76 bits per heavy atom. The average Bonchev–Trinajstić information content (AvgIpc) is 2.91. The van der Waals surface area contributed by atoms with Crippen LogP contribution in [0, 0.1) is 0 Å². The standard InChI is InChI=1S/C18H23N3O3S/c22-25(23,21-12-6-1-2-7-13-21)20-15-16-10-11-19-18(14-16)24-17-8-4-3-5-9-17/h3-5,8-11,14,20H,1-2,6-7,12-13,15H2. The summed E-state index contributed by atoms with van der Waals surface area (Å²) in [7, 11) is -3.45. The Labute approximate surface area is 149 Å². The van der Waals surface area contributed by atoms with Gasteiger partial charge in [-0.25, -0.2) is 4.98 Å². The molecule has 0 saturated carbocycles. The minimum atomic E-state index is -3.45. The SMILES string of the molecule is O=S(=O)(NCc1ccnc(Oc2ccccc2)c1)N1CCCCCC1. The molecule has 25 heavy (non-hydrogen) atoms. The molecule has 1 aliphatic heterocycles. The summed E-state index contributed by atoms with van der Waals surface area (Å²) in [6, 6.07) is 12.9. The minimum Gasteiger partial charge on any atom is -0.439 e. The summed E-state index contributed by atoms with van der Waals surface area (Å²) in [4.78, 5) is 4.17. The van der Waals surface area contributed by atoms with E-state index in [1.165, 1.54) is 0 Å². The topological polar surface area (TPSA) is 71.5 Å². The van der Waals surface area contributed by atoms with Gasteiger partial charge in [-0.3, -0.25) is 0 Å². The molecule has 1 N–H and O–H groups in total. The molecule has 1 saturated heterocycles. The van der Waals surface area contributed by atoms with Gasteiger partial charge in [-0.2, -0.15) is 17.4 Å². The molecule has 1 aromatic heterocycles. The normalized spacial score (nSPS) is 16.3. The van der Waals surface area contributed by atoms with Gasteiger partial charge in [-0.15, -0.1) is 0 Å². The van der Waals surface area contributed by atoms with Crippen LogP contribution < -0.4 is 9.46 Å². The number of para-hydroxylation sites is 1. The summed E-state index contributed by atoms with van der Waals surface area (Å²) in [5.41, 5.74) is 0.805. The summed E-state index contributed by atoms with van der Waals surface area (Å²) in [5.74, 6) is 1.13. The third-order valence-electron chi connectivity index (χ3n) is 4.13. The molecule has 1 fully saturated rings. The lowest BCUT2D eigenvalue weighted by Crippen LogP contribution is -2.40. The van der Waals surface area contributed by atoms with Crippen molar-refractivity contribution in [3.63, 3.8) is 0 Å². The first kappa shape index (κ1) is 17.8. The van der Waals surface area contributed by atoms with Crippen molar-refractivity contribution in [2.45, 2.75) is 32.2 Å². The fourth-order valence-corrected chi connectivity index (χ4v) is 4.04. The molecule has 0 unspecified atom stereocenters. The van der Waals surface area contributed by atoms with Crippen LogP contribution in [-0.4, -0.2) is 30.8 Å². The molecular weight excluding hydrogens is 338 g/mol. The highest BCUT2D eigenvalue weighted by Gasteiger charge is 2.22. The molecule has 0 bridgehead atoms. The van der Waals surface area contributed by atoms with Crippen molar-refractivity contribution in [2.75, 3.05) is 13.1 Å². The molecule has 0 atom stereocenters. The van der Waals surface area contributed by atoms with Gasteiger partial charge < -0.3 is 4.74 Å². The summed E-state index contributed by atoms with van der Waals surface area (Å²) in [6.07, 6.45) is 5.65. The maximum Gasteiger partial charge on any atom is 0.279 e. The third kappa shape index (κ3) is 5.26. The second-order valence-corrected chi connectivity index (χ2v) is 7.81. The molecule has 6 nitrogen and oxygen atoms in total. The molecule has 2 aromatic rings. The Morgan fingerprint density at radius 1 is 1.04 bits per heavy atom. The largest absolute Gasteiger partial charge is 0.439 e. The summed E-state index contributed by atoms with van der Waals surface area (Å²) < 4.78 is 34.8. The molecule has 1 aliphatic rings. The molecule has 0 aliphatic carbocycles. The molecule has 0 amide bonds. The summed E-state index contributed by atoms with van der Waals surface area (Å²) in [6.45, 7) is 1.40. The van der Waals surface area contributed by atoms with Crippen LogP contribution in [0.15, 0.2) is 48.7 Å². The molecule has 0 spiro atoms. The monoisotopic (exact) mass is 361 g/mol. The van der Waals surface area contributed by atoms with Crippen LogP contribution in [0.3, 0.4) is 0 Å². The van der Waals surface area contributed by atoms with E-state index in [1.54, 1.807) is 22.6 Å². The van der Waals surface area contributed by atoms with E-state index in [2.05, 4.69) is 9.71 Å². The smallest absolute Gasteiger partial charge is 0.279 e.